The number of amides is 5. The molecule has 10 unspecified atom stereocenters. The number of benzene rings is 1. The van der Waals surface area contributed by atoms with Gasteiger partial charge in [-0.15, -0.1) is 0 Å². The van der Waals surface area contributed by atoms with E-state index in [4.69, 9.17) is 54.1 Å². The van der Waals surface area contributed by atoms with Crippen molar-refractivity contribution in [2.45, 2.75) is 240 Å². The van der Waals surface area contributed by atoms with E-state index >= 15 is 0 Å². The zero-order valence-electron chi connectivity index (χ0n) is 47.5. The van der Waals surface area contributed by atoms with Gasteiger partial charge in [0.25, 0.3) is 0 Å². The van der Waals surface area contributed by atoms with Crippen LogP contribution in [0, 0.1) is 17.8 Å². The lowest BCUT2D eigenvalue weighted by Gasteiger charge is -2.47. The Balaban J connectivity index is 0.817. The van der Waals surface area contributed by atoms with Crippen LogP contribution in [0.15, 0.2) is 48.6 Å². The van der Waals surface area contributed by atoms with Crippen molar-refractivity contribution in [2.24, 2.45) is 29.2 Å². The molecular weight excluding hydrogens is 1050 g/mol. The Labute approximate surface area is 475 Å². The van der Waals surface area contributed by atoms with Crippen LogP contribution in [0.2, 0.25) is 0 Å². The molecule has 10 N–H and O–H groups in total. The van der Waals surface area contributed by atoms with Crippen molar-refractivity contribution in [2.75, 3.05) is 25.5 Å². The summed E-state index contributed by atoms with van der Waals surface area (Å²) < 4.78 is 59.0. The topological polar surface area (TPSA) is 309 Å². The number of urea groups is 1. The number of anilines is 1. The van der Waals surface area contributed by atoms with Crippen LogP contribution in [0.1, 0.15) is 129 Å². The summed E-state index contributed by atoms with van der Waals surface area (Å²) in [6, 6.07) is 4.15. The number of ketones is 1. The van der Waals surface area contributed by atoms with E-state index in [9.17, 15) is 34.2 Å². The number of aliphatic hydroxyl groups is 2. The highest BCUT2D eigenvalue weighted by Gasteiger charge is 2.60. The van der Waals surface area contributed by atoms with Crippen molar-refractivity contribution >= 4 is 35.4 Å². The monoisotopic (exact) mass is 1140 g/mol. The lowest BCUT2D eigenvalue weighted by Crippen LogP contribution is -2.58. The number of hydrogen-bond donors (Lipinski definition) is 8. The lowest BCUT2D eigenvalue weighted by atomic mass is 9.81. The maximum absolute atomic E-state index is 14.4. The summed E-state index contributed by atoms with van der Waals surface area (Å²) in [5, 5.41) is 33.3. The van der Waals surface area contributed by atoms with Gasteiger partial charge in [-0.3, -0.25) is 14.4 Å². The number of alkyl carbamates (subject to hydrolysis) is 1. The number of carbonyl (C=O) groups is 5. The lowest BCUT2D eigenvalue weighted by molar-refractivity contribution is -0.277. The fraction of sp³-hybridized carbons (Fsp3) is 0.746. The molecule has 450 valence electrons. The molecule has 22 nitrogen and oxygen atoms in total. The van der Waals surface area contributed by atoms with Gasteiger partial charge in [0.2, 0.25) is 11.8 Å². The molecule has 1 aromatic carbocycles. The normalized spacial score (nSPS) is 37.0. The van der Waals surface area contributed by atoms with E-state index in [0.29, 0.717) is 62.6 Å². The quantitative estimate of drug-likeness (QED) is 0.0848. The minimum atomic E-state index is -1.07. The van der Waals surface area contributed by atoms with Gasteiger partial charge >= 0.3 is 12.1 Å². The molecule has 0 radical (unpaired) electrons. The minimum Gasteiger partial charge on any atom is -0.445 e. The first-order valence-electron chi connectivity index (χ1n) is 29.5. The first-order valence-corrected chi connectivity index (χ1v) is 29.5. The molecule has 0 aromatic heterocycles. The average molecular weight is 1140 g/mol. The Kier molecular flexibility index (Phi) is 20.3. The van der Waals surface area contributed by atoms with Crippen LogP contribution < -0.4 is 32.7 Å². The van der Waals surface area contributed by atoms with E-state index in [1.54, 1.807) is 45.2 Å². The number of nitrogens with two attached hydrogens (primary N) is 2. The molecule has 1 aromatic rings. The molecule has 5 amide bonds. The number of nitrogens with one attached hydrogen (secondary N) is 4. The van der Waals surface area contributed by atoms with Gasteiger partial charge in [-0.25, -0.2) is 9.59 Å². The summed E-state index contributed by atoms with van der Waals surface area (Å²) >= 11 is 0. The molecule has 22 heteroatoms. The van der Waals surface area contributed by atoms with Gasteiger partial charge in [-0.05, 0) is 98.5 Å². The summed E-state index contributed by atoms with van der Waals surface area (Å²) in [7, 11) is 1.59. The second kappa shape index (κ2) is 27.0. The molecule has 8 aliphatic heterocycles. The van der Waals surface area contributed by atoms with E-state index in [1.807, 2.05) is 0 Å². The van der Waals surface area contributed by atoms with Gasteiger partial charge in [0.15, 0.2) is 5.79 Å². The molecule has 10 bridgehead atoms. The molecular formula is C59H88N6O16. The predicted octanol–water partition coefficient (Wildman–Crippen LogP) is 4.24. The number of fused-ring (bicyclic) bond motifs is 9. The number of Topliss-reactive ketones (excluding diaryl/α,β-unsaturated/α-hetero) is 1. The second-order valence-electron chi connectivity index (χ2n) is 24.4. The minimum absolute atomic E-state index is 0.000137. The Morgan fingerprint density at radius 1 is 0.827 bits per heavy atom. The highest BCUT2D eigenvalue weighted by molar-refractivity contribution is 5.97. The molecule has 8 heterocycles. The third-order valence-electron chi connectivity index (χ3n) is 18.0. The van der Waals surface area contributed by atoms with Gasteiger partial charge in [0.05, 0.1) is 85.4 Å². The molecule has 81 heavy (non-hydrogen) atoms. The van der Waals surface area contributed by atoms with Crippen molar-refractivity contribution in [3.8, 4) is 0 Å². The Morgan fingerprint density at radius 3 is 2.33 bits per heavy atom. The van der Waals surface area contributed by atoms with Gasteiger partial charge in [-0.1, -0.05) is 46.1 Å². The standard InChI is InChI=1S/C59H88N6O16/c1-30(2)51(60)56(70)65-42(8-7-19-62-57(61)71)55(69)64-35-11-9-34(10-12-35)29-74-58(72)63-28-37(67)24-48-52(73-6)41-23-36(66)22-39-14-16-45-54(77-39)50-26-49(78-45)53-43(68)27-59(80-50,81-53)18-17-40-21-32(4)44(75-40)15-13-38-20-31(3)33(5)46(76-38)25-47(41)79-48/h9-12,30-31,37-54,67-68H,4-5,7-8,13-29,60H2,1-3,6H3,(H,63,72)(H,64,69)(H,65,70)(H3,61,62,71)/t31-,37?,38+,39?,40?,41?,42?,43-,44?,45+,46?,47?,48-,49-,50?,51+,52-,53?,54+,59-/m1/s1. The molecule has 0 saturated carbocycles. The molecule has 9 rings (SSSR count). The molecule has 8 aliphatic rings. The van der Waals surface area contributed by atoms with E-state index < -0.39 is 90.5 Å². The number of rotatable bonds is 16. The summed E-state index contributed by atoms with van der Waals surface area (Å²) in [5.74, 6) is -2.36. The largest absolute Gasteiger partial charge is 0.445 e. The first-order chi connectivity index (χ1) is 38.7. The maximum atomic E-state index is 14.4. The molecule has 8 fully saturated rings. The van der Waals surface area contributed by atoms with Gasteiger partial charge in [0.1, 0.15) is 30.6 Å². The van der Waals surface area contributed by atoms with E-state index in [-0.39, 0.29) is 112 Å². The number of methoxy groups -OCH3 is 1. The highest BCUT2D eigenvalue weighted by Crippen LogP contribution is 2.49. The SMILES string of the molecule is C=C1CC2CC[C@]34C[C@@H](O)C(O3)[C@H]3CC(O4)[C@H]4OC(CC[C@@H]4O3)CC(=O)CC3C(CC4O[C@@H](CCC1O2)C[C@@H](C)C4=C)O[C@H](CC(O)CNC(=O)OCc1ccc(NC(=O)C(CCCNC(N)=O)NC(=O)[C@@H](N)C(C)C)cc1)[C@@H]3OC. The first kappa shape index (κ1) is 61.0. The molecule has 8 saturated heterocycles. The smallest absolute Gasteiger partial charge is 0.407 e. The van der Waals surface area contributed by atoms with Crippen molar-refractivity contribution in [3.63, 3.8) is 0 Å². The fourth-order valence-electron chi connectivity index (χ4n) is 13.5. The number of carbonyl (C=O) groups excluding carboxylic acids is 5. The third kappa shape index (κ3) is 15.2. The molecule has 1 spiro atoms. The molecule has 0 aliphatic carbocycles. The zero-order chi connectivity index (χ0) is 57.7. The summed E-state index contributed by atoms with van der Waals surface area (Å²) in [5.41, 5.74) is 14.3. The van der Waals surface area contributed by atoms with Crippen LogP contribution in [0.5, 0.6) is 0 Å². The Hall–Kier alpha value is -4.59. The van der Waals surface area contributed by atoms with E-state index in [0.717, 1.165) is 36.8 Å². The van der Waals surface area contributed by atoms with Gasteiger partial charge in [-0.2, -0.15) is 0 Å². The predicted molar refractivity (Wildman–Crippen MR) is 294 cm³/mol. The van der Waals surface area contributed by atoms with Crippen molar-refractivity contribution < 1.29 is 76.8 Å². The zero-order valence-corrected chi connectivity index (χ0v) is 47.5. The van der Waals surface area contributed by atoms with Crippen molar-refractivity contribution in [1.82, 2.24) is 16.0 Å². The van der Waals surface area contributed by atoms with Crippen LogP contribution in [-0.2, 0) is 63.6 Å². The summed E-state index contributed by atoms with van der Waals surface area (Å²) in [6.07, 6.45) is 0.680. The third-order valence-corrected chi connectivity index (χ3v) is 18.0. The summed E-state index contributed by atoms with van der Waals surface area (Å²) in [4.78, 5) is 64.6. The van der Waals surface area contributed by atoms with Crippen molar-refractivity contribution in [1.29, 1.82) is 0 Å². The average Bonchev–Trinajstić information content (AvgIpc) is 4.21. The van der Waals surface area contributed by atoms with Crippen LogP contribution in [0.25, 0.3) is 0 Å². The Bertz CT molecular complexity index is 2400. The van der Waals surface area contributed by atoms with Gasteiger partial charge in [0, 0.05) is 76.8 Å². The molecule has 20 atom stereocenters. The van der Waals surface area contributed by atoms with Crippen LogP contribution in [0.3, 0.4) is 0 Å². The van der Waals surface area contributed by atoms with Gasteiger partial charge < -0.3 is 85.6 Å². The van der Waals surface area contributed by atoms with Crippen LogP contribution >= 0.6 is 0 Å². The maximum Gasteiger partial charge on any atom is 0.407 e. The second-order valence-corrected chi connectivity index (χ2v) is 24.4. The highest BCUT2D eigenvalue weighted by atomic mass is 16.7. The Morgan fingerprint density at radius 2 is 1.58 bits per heavy atom. The van der Waals surface area contributed by atoms with Crippen LogP contribution in [-0.4, -0.2) is 170 Å². The number of ether oxygens (including phenoxy) is 9. The fourth-order valence-corrected chi connectivity index (χ4v) is 13.5. The van der Waals surface area contributed by atoms with Crippen LogP contribution in [0.4, 0.5) is 15.3 Å². The number of hydrogen-bond acceptors (Lipinski definition) is 17. The van der Waals surface area contributed by atoms with E-state index in [1.165, 1.54) is 0 Å². The number of aliphatic hydroxyl groups excluding tert-OH is 2. The summed E-state index contributed by atoms with van der Waals surface area (Å²) in [6.45, 7) is 14.6. The van der Waals surface area contributed by atoms with E-state index in [2.05, 4.69) is 41.3 Å². The number of primary amides is 1. The van der Waals surface area contributed by atoms with Crippen molar-refractivity contribution in [3.05, 3.63) is 54.1 Å².